The number of aromatic nitrogens is 2. The SMILES string of the molecule is COc1ccc(-c2csc3cnc(CN)n23)cc1C. The fourth-order valence-corrected chi connectivity index (χ4v) is 3.16. The molecule has 1 aromatic carbocycles. The van der Waals surface area contributed by atoms with Crippen LogP contribution in [0.2, 0.25) is 0 Å². The van der Waals surface area contributed by atoms with E-state index < -0.39 is 0 Å². The first-order valence-electron chi connectivity index (χ1n) is 6.03. The molecule has 0 bridgehead atoms. The second kappa shape index (κ2) is 4.68. The Morgan fingerprint density at radius 1 is 1.42 bits per heavy atom. The maximum atomic E-state index is 5.74. The lowest BCUT2D eigenvalue weighted by Crippen LogP contribution is -2.03. The number of nitrogens with zero attached hydrogens (tertiary/aromatic N) is 2. The van der Waals surface area contributed by atoms with Crippen LogP contribution in [0.1, 0.15) is 11.4 Å². The smallest absolute Gasteiger partial charge is 0.128 e. The fourth-order valence-electron chi connectivity index (χ4n) is 2.26. The standard InChI is InChI=1S/C14H15N3OS/c1-9-5-10(3-4-12(9)18-2)11-8-19-14-7-16-13(6-15)17(11)14/h3-5,7-8H,6,15H2,1-2H3. The van der Waals surface area contributed by atoms with Gasteiger partial charge in [-0.2, -0.15) is 0 Å². The number of rotatable bonds is 3. The lowest BCUT2D eigenvalue weighted by atomic mass is 10.1. The molecule has 0 fully saturated rings. The maximum absolute atomic E-state index is 5.74. The Morgan fingerprint density at radius 2 is 2.26 bits per heavy atom. The number of benzene rings is 1. The van der Waals surface area contributed by atoms with Gasteiger partial charge in [0.05, 0.1) is 25.5 Å². The third-order valence-electron chi connectivity index (χ3n) is 3.21. The van der Waals surface area contributed by atoms with Crippen molar-refractivity contribution in [1.82, 2.24) is 9.38 Å². The summed E-state index contributed by atoms with van der Waals surface area (Å²) in [6.07, 6.45) is 1.87. The zero-order chi connectivity index (χ0) is 13.4. The first-order chi connectivity index (χ1) is 9.24. The van der Waals surface area contributed by atoms with E-state index in [2.05, 4.69) is 26.9 Å². The van der Waals surface area contributed by atoms with Gasteiger partial charge in [-0.25, -0.2) is 4.98 Å². The highest BCUT2D eigenvalue weighted by molar-refractivity contribution is 7.15. The van der Waals surface area contributed by atoms with E-state index in [9.17, 15) is 0 Å². The van der Waals surface area contributed by atoms with E-state index in [1.165, 1.54) is 0 Å². The molecule has 3 aromatic rings. The van der Waals surface area contributed by atoms with Crippen molar-refractivity contribution in [1.29, 1.82) is 0 Å². The minimum absolute atomic E-state index is 0.438. The topological polar surface area (TPSA) is 52.5 Å². The van der Waals surface area contributed by atoms with Crippen LogP contribution in [0.25, 0.3) is 16.1 Å². The van der Waals surface area contributed by atoms with Crippen LogP contribution in [0.15, 0.2) is 29.8 Å². The summed E-state index contributed by atoms with van der Waals surface area (Å²) in [6, 6.07) is 6.18. The van der Waals surface area contributed by atoms with Gasteiger partial charge in [-0.15, -0.1) is 11.3 Å². The summed E-state index contributed by atoms with van der Waals surface area (Å²) >= 11 is 1.67. The first-order valence-corrected chi connectivity index (χ1v) is 6.91. The summed E-state index contributed by atoms with van der Waals surface area (Å²) in [4.78, 5) is 5.45. The molecule has 0 aliphatic heterocycles. The minimum atomic E-state index is 0.438. The Kier molecular flexibility index (Phi) is 3.00. The Hall–Kier alpha value is -1.85. The van der Waals surface area contributed by atoms with Crippen molar-refractivity contribution in [3.8, 4) is 17.0 Å². The molecule has 98 valence electrons. The van der Waals surface area contributed by atoms with E-state index in [0.717, 1.165) is 33.2 Å². The van der Waals surface area contributed by atoms with E-state index in [-0.39, 0.29) is 0 Å². The van der Waals surface area contributed by atoms with Crippen LogP contribution in [-0.2, 0) is 6.54 Å². The molecule has 19 heavy (non-hydrogen) atoms. The highest BCUT2D eigenvalue weighted by Crippen LogP contribution is 2.30. The van der Waals surface area contributed by atoms with Gasteiger partial charge in [-0.3, -0.25) is 4.40 Å². The van der Waals surface area contributed by atoms with E-state index >= 15 is 0 Å². The summed E-state index contributed by atoms with van der Waals surface area (Å²) in [5.41, 5.74) is 9.14. The van der Waals surface area contributed by atoms with Crippen LogP contribution in [-0.4, -0.2) is 16.5 Å². The highest BCUT2D eigenvalue weighted by Gasteiger charge is 2.11. The number of imidazole rings is 1. The third-order valence-corrected chi connectivity index (χ3v) is 4.08. The Balaban J connectivity index is 2.18. The van der Waals surface area contributed by atoms with Crippen molar-refractivity contribution >= 4 is 16.2 Å². The van der Waals surface area contributed by atoms with Gasteiger partial charge in [0.15, 0.2) is 0 Å². The van der Waals surface area contributed by atoms with Gasteiger partial charge in [0.2, 0.25) is 0 Å². The molecular formula is C14H15N3OS. The van der Waals surface area contributed by atoms with Crippen molar-refractivity contribution in [3.05, 3.63) is 41.2 Å². The fraction of sp³-hybridized carbons (Fsp3) is 0.214. The Bertz CT molecular complexity index is 729. The summed E-state index contributed by atoms with van der Waals surface area (Å²) < 4.78 is 7.42. The van der Waals surface area contributed by atoms with Crippen LogP contribution < -0.4 is 10.5 Å². The maximum Gasteiger partial charge on any atom is 0.128 e. The molecule has 5 heteroatoms. The van der Waals surface area contributed by atoms with Crippen molar-refractivity contribution in [2.24, 2.45) is 5.73 Å². The average molecular weight is 273 g/mol. The van der Waals surface area contributed by atoms with Gasteiger partial charge < -0.3 is 10.5 Å². The minimum Gasteiger partial charge on any atom is -0.496 e. The van der Waals surface area contributed by atoms with Gasteiger partial charge in [0.25, 0.3) is 0 Å². The second-order valence-corrected chi connectivity index (χ2v) is 5.25. The summed E-state index contributed by atoms with van der Waals surface area (Å²) in [6.45, 7) is 2.48. The zero-order valence-electron chi connectivity index (χ0n) is 10.9. The number of methoxy groups -OCH3 is 1. The highest BCUT2D eigenvalue weighted by atomic mass is 32.1. The Labute approximate surface area is 115 Å². The molecule has 0 spiro atoms. The molecular weight excluding hydrogens is 258 g/mol. The van der Waals surface area contributed by atoms with Gasteiger partial charge in [0.1, 0.15) is 16.4 Å². The predicted molar refractivity (Wildman–Crippen MR) is 77.7 cm³/mol. The van der Waals surface area contributed by atoms with E-state index in [1.807, 2.05) is 19.2 Å². The predicted octanol–water partition coefficient (Wildman–Crippen LogP) is 2.84. The molecule has 3 rings (SSSR count). The first kappa shape index (κ1) is 12.2. The normalized spacial score (nSPS) is 11.1. The third kappa shape index (κ3) is 1.91. The number of fused-ring (bicyclic) bond motifs is 1. The van der Waals surface area contributed by atoms with Crippen LogP contribution in [0, 0.1) is 6.92 Å². The molecule has 0 unspecified atom stereocenters. The van der Waals surface area contributed by atoms with Gasteiger partial charge in [-0.05, 0) is 36.2 Å². The average Bonchev–Trinajstić information content (AvgIpc) is 2.99. The number of nitrogens with two attached hydrogens (primary N) is 1. The molecule has 0 amide bonds. The largest absolute Gasteiger partial charge is 0.496 e. The lowest BCUT2D eigenvalue weighted by molar-refractivity contribution is 0.412. The molecule has 2 aromatic heterocycles. The molecule has 0 radical (unpaired) electrons. The molecule has 0 atom stereocenters. The van der Waals surface area contributed by atoms with Gasteiger partial charge >= 0.3 is 0 Å². The van der Waals surface area contributed by atoms with Crippen molar-refractivity contribution in [2.45, 2.75) is 13.5 Å². The van der Waals surface area contributed by atoms with Crippen molar-refractivity contribution in [2.75, 3.05) is 7.11 Å². The van der Waals surface area contributed by atoms with E-state index in [1.54, 1.807) is 18.4 Å². The van der Waals surface area contributed by atoms with Crippen LogP contribution in [0.4, 0.5) is 0 Å². The van der Waals surface area contributed by atoms with Gasteiger partial charge in [-0.1, -0.05) is 0 Å². The summed E-state index contributed by atoms with van der Waals surface area (Å²) in [7, 11) is 1.69. The van der Waals surface area contributed by atoms with Crippen molar-refractivity contribution < 1.29 is 4.74 Å². The molecule has 2 N–H and O–H groups in total. The number of hydrogen-bond donors (Lipinski definition) is 1. The van der Waals surface area contributed by atoms with Crippen LogP contribution in [0.5, 0.6) is 5.75 Å². The number of hydrogen-bond acceptors (Lipinski definition) is 4. The molecule has 4 nitrogen and oxygen atoms in total. The molecule has 0 saturated heterocycles. The lowest BCUT2D eigenvalue weighted by Gasteiger charge is -2.07. The van der Waals surface area contributed by atoms with E-state index in [0.29, 0.717) is 6.54 Å². The second-order valence-electron chi connectivity index (χ2n) is 4.36. The van der Waals surface area contributed by atoms with Crippen molar-refractivity contribution in [3.63, 3.8) is 0 Å². The quantitative estimate of drug-likeness (QED) is 0.798. The van der Waals surface area contributed by atoms with Gasteiger partial charge in [0, 0.05) is 5.38 Å². The van der Waals surface area contributed by atoms with E-state index in [4.69, 9.17) is 10.5 Å². The molecule has 0 aliphatic carbocycles. The molecule has 0 aliphatic rings. The number of ether oxygens (including phenoxy) is 1. The Morgan fingerprint density at radius 3 is 2.95 bits per heavy atom. The summed E-state index contributed by atoms with van der Waals surface area (Å²) in [5.74, 6) is 1.79. The summed E-state index contributed by atoms with van der Waals surface area (Å²) in [5, 5.41) is 2.14. The van der Waals surface area contributed by atoms with Crippen LogP contribution in [0.3, 0.4) is 0 Å². The number of aryl methyl sites for hydroxylation is 1. The molecule has 0 saturated carbocycles. The monoisotopic (exact) mass is 273 g/mol. The van der Waals surface area contributed by atoms with Crippen LogP contribution >= 0.6 is 11.3 Å². The zero-order valence-corrected chi connectivity index (χ0v) is 11.7. The number of thiazole rings is 1. The molecule has 2 heterocycles.